The van der Waals surface area contributed by atoms with Gasteiger partial charge in [0.25, 0.3) is 0 Å². The molecule has 0 unspecified atom stereocenters. The highest BCUT2D eigenvalue weighted by atomic mass is 28.3. The lowest BCUT2D eigenvalue weighted by Crippen LogP contribution is -2.43. The minimum atomic E-state index is -2.56. The maximum atomic E-state index is 18.3. The van der Waals surface area contributed by atoms with Crippen LogP contribution in [0.3, 0.4) is 0 Å². The number of halogens is 5. The molecule has 5 heterocycles. The Labute approximate surface area is 404 Å². The van der Waals surface area contributed by atoms with E-state index in [-0.39, 0.29) is 99.3 Å². The number of hydrogen-bond acceptors (Lipinski definition) is 8. The number of pyridine rings is 1. The maximum Gasteiger partial charge on any atom is 0.319 e. The number of ether oxygens (including phenoxy) is 2. The Bertz CT molecular complexity index is 3060. The van der Waals surface area contributed by atoms with Gasteiger partial charge in [-0.05, 0) is 59.6 Å². The number of benzene rings is 4. The van der Waals surface area contributed by atoms with E-state index < -0.39 is 67.9 Å². The first-order chi connectivity index (χ1) is 34.0. The standard InChI is InChI=1S/C55H57F5N6O2Si/c1-32(2)69(33(3)4,34(5)6)23-18-40-45-37(25-44(57)46(40)58)24-39(62-49(35-14-9-7-10-15-35)36-16-11-8-12-17-36)26-41(45)50-48(60)51-42(28-61-50)53(66-21-22-67-30-43-47(59)52(43)66)64-54(63-51)68-31-55-19-13-20-65(55)29-38(56)27-55/h7-12,14-17,24-26,28,32-34,38,43,47,52H,13,19-22,27,29-31H2,1-6H3/t38-,43-,47+,52-,55+/m1/s1/i31D2. The lowest BCUT2D eigenvalue weighted by molar-refractivity contribution is 0.107. The van der Waals surface area contributed by atoms with Crippen LogP contribution in [0.1, 0.15) is 80.2 Å². The van der Waals surface area contributed by atoms with Gasteiger partial charge in [0.2, 0.25) is 0 Å². The van der Waals surface area contributed by atoms with E-state index in [1.165, 1.54) is 6.20 Å². The van der Waals surface area contributed by atoms with Crippen molar-refractivity contribution < 1.29 is 34.2 Å². The number of rotatable bonds is 11. The molecule has 0 spiro atoms. The van der Waals surface area contributed by atoms with Gasteiger partial charge in [-0.25, -0.2) is 26.9 Å². The minimum Gasteiger partial charge on any atom is -0.461 e. The molecule has 358 valence electrons. The normalized spacial score (nSPS) is 23.1. The van der Waals surface area contributed by atoms with Crippen molar-refractivity contribution in [3.63, 3.8) is 0 Å². The summed E-state index contributed by atoms with van der Waals surface area (Å²) in [5, 5.41) is 0.382. The number of anilines is 1. The fourth-order valence-corrected chi connectivity index (χ4v) is 16.8. The number of nitrogens with zero attached hydrogens (tertiary/aromatic N) is 6. The summed E-state index contributed by atoms with van der Waals surface area (Å²) in [4.78, 5) is 22.5. The number of aromatic nitrogens is 3. The van der Waals surface area contributed by atoms with Crippen molar-refractivity contribution >= 4 is 47.0 Å². The Morgan fingerprint density at radius 2 is 1.62 bits per heavy atom. The minimum absolute atomic E-state index is 0.0443. The summed E-state index contributed by atoms with van der Waals surface area (Å²) in [6, 6.07) is 22.0. The highest BCUT2D eigenvalue weighted by molar-refractivity contribution is 6.90. The Hall–Kier alpha value is -5.75. The van der Waals surface area contributed by atoms with Gasteiger partial charge in [-0.2, -0.15) is 9.97 Å². The third kappa shape index (κ3) is 8.38. The Balaban J connectivity index is 1.24. The van der Waals surface area contributed by atoms with Crippen LogP contribution in [0.25, 0.3) is 32.9 Å². The van der Waals surface area contributed by atoms with E-state index in [2.05, 4.69) is 63.0 Å². The summed E-state index contributed by atoms with van der Waals surface area (Å²) < 4.78 is 112. The molecule has 1 saturated carbocycles. The molecule has 3 aliphatic heterocycles. The summed E-state index contributed by atoms with van der Waals surface area (Å²) >= 11 is 0. The molecule has 69 heavy (non-hydrogen) atoms. The first-order valence-electron chi connectivity index (χ1n) is 25.1. The molecule has 3 saturated heterocycles. The average Bonchev–Trinajstić information content (AvgIpc) is 3.70. The van der Waals surface area contributed by atoms with Gasteiger partial charge in [-0.15, -0.1) is 5.54 Å². The summed E-state index contributed by atoms with van der Waals surface area (Å²) in [7, 11) is -2.56. The molecule has 4 aliphatic rings. The second kappa shape index (κ2) is 18.5. The van der Waals surface area contributed by atoms with Crippen LogP contribution >= 0.6 is 0 Å². The third-order valence-electron chi connectivity index (χ3n) is 15.0. The molecule has 5 atom stereocenters. The van der Waals surface area contributed by atoms with Crippen molar-refractivity contribution in [1.82, 2.24) is 19.9 Å². The van der Waals surface area contributed by atoms with Gasteiger partial charge in [-0.1, -0.05) is 108 Å². The average molecular weight is 959 g/mol. The number of alkyl halides is 2. The van der Waals surface area contributed by atoms with Crippen LogP contribution < -0.4 is 9.64 Å². The molecule has 6 aromatic rings. The number of fused-ring (bicyclic) bond motifs is 4. The van der Waals surface area contributed by atoms with Crippen molar-refractivity contribution in [1.29, 1.82) is 0 Å². The maximum absolute atomic E-state index is 18.3. The van der Waals surface area contributed by atoms with Crippen molar-refractivity contribution in [2.45, 2.75) is 101 Å². The van der Waals surface area contributed by atoms with Gasteiger partial charge in [0.1, 0.15) is 44.0 Å². The topological polar surface area (TPSA) is 76.0 Å². The molecule has 14 heteroatoms. The molecule has 4 fully saturated rings. The van der Waals surface area contributed by atoms with Crippen LogP contribution in [0.15, 0.2) is 90.1 Å². The molecule has 0 N–H and O–H groups in total. The van der Waals surface area contributed by atoms with Crippen LogP contribution in [-0.2, 0) is 4.74 Å². The van der Waals surface area contributed by atoms with Gasteiger partial charge in [0.15, 0.2) is 17.5 Å². The number of hydrogen-bond donors (Lipinski definition) is 0. The quantitative estimate of drug-likeness (QED) is 0.0554. The number of aliphatic imine (C=N–C) groups is 1. The highest BCUT2D eigenvalue weighted by Crippen LogP contribution is 2.47. The van der Waals surface area contributed by atoms with E-state index in [0.29, 0.717) is 25.1 Å². The molecular weight excluding hydrogens is 900 g/mol. The van der Waals surface area contributed by atoms with E-state index in [9.17, 15) is 2.74 Å². The van der Waals surface area contributed by atoms with E-state index in [1.807, 2.05) is 60.7 Å². The van der Waals surface area contributed by atoms with Crippen LogP contribution in [0.2, 0.25) is 16.6 Å². The van der Waals surface area contributed by atoms with Crippen molar-refractivity contribution in [2.75, 3.05) is 44.3 Å². The zero-order valence-electron chi connectivity index (χ0n) is 41.7. The molecule has 0 radical (unpaired) electrons. The predicted molar refractivity (Wildman–Crippen MR) is 265 cm³/mol. The van der Waals surface area contributed by atoms with E-state index >= 15 is 22.0 Å². The fourth-order valence-electron chi connectivity index (χ4n) is 11.6. The van der Waals surface area contributed by atoms with E-state index in [4.69, 9.17) is 19.5 Å². The molecule has 10 rings (SSSR count). The zero-order chi connectivity index (χ0) is 50.1. The summed E-state index contributed by atoms with van der Waals surface area (Å²) in [6.45, 7) is 11.2. The van der Waals surface area contributed by atoms with E-state index in [0.717, 1.165) is 17.2 Å². The van der Waals surface area contributed by atoms with Gasteiger partial charge in [0, 0.05) is 53.7 Å². The zero-order valence-corrected chi connectivity index (χ0v) is 40.7. The summed E-state index contributed by atoms with van der Waals surface area (Å²) in [6.07, 6.45) is -0.360. The molecule has 0 bridgehead atoms. The monoisotopic (exact) mass is 958 g/mol. The lowest BCUT2D eigenvalue weighted by atomic mass is 9.94. The Morgan fingerprint density at radius 1 is 0.928 bits per heavy atom. The molecule has 8 nitrogen and oxygen atoms in total. The SMILES string of the molecule is [2H]C([2H])(Oc1nc(N2CCOC[C@@H]3[C@H](F)[C@@H]32)c2cnc(-c3cc(N=C(c4ccccc4)c4ccccc4)cc4cc(F)c(F)c(C#C[Si](C(C)C)(C(C)C)C(C)C)c34)c(F)c2n1)[C@@]12CCCN1C[C@H](F)C2. The van der Waals surface area contributed by atoms with E-state index in [1.54, 1.807) is 21.9 Å². The van der Waals surface area contributed by atoms with Gasteiger partial charge >= 0.3 is 6.01 Å². The van der Waals surface area contributed by atoms with Gasteiger partial charge in [-0.3, -0.25) is 9.88 Å². The second-order valence-electron chi connectivity index (χ2n) is 19.9. The Kier molecular flexibility index (Phi) is 11.9. The molecular formula is C55H57F5N6O2Si. The first-order valence-corrected chi connectivity index (χ1v) is 26.3. The first kappa shape index (κ1) is 44.5. The van der Waals surface area contributed by atoms with Crippen molar-refractivity contribution in [2.24, 2.45) is 10.9 Å². The van der Waals surface area contributed by atoms with Gasteiger partial charge < -0.3 is 14.4 Å². The van der Waals surface area contributed by atoms with Crippen molar-refractivity contribution in [3.8, 4) is 28.7 Å². The largest absolute Gasteiger partial charge is 0.461 e. The molecule has 2 aromatic heterocycles. The van der Waals surface area contributed by atoms with Crippen LogP contribution in [0.4, 0.5) is 33.5 Å². The van der Waals surface area contributed by atoms with Crippen LogP contribution in [0, 0.1) is 34.8 Å². The van der Waals surface area contributed by atoms with Crippen LogP contribution in [-0.4, -0.2) is 97.0 Å². The van der Waals surface area contributed by atoms with Gasteiger partial charge in [0.05, 0.1) is 49.9 Å². The lowest BCUT2D eigenvalue weighted by Gasteiger charge is -2.38. The Morgan fingerprint density at radius 3 is 2.30 bits per heavy atom. The summed E-state index contributed by atoms with van der Waals surface area (Å²) in [5.41, 5.74) is 4.21. The predicted octanol–water partition coefficient (Wildman–Crippen LogP) is 12.1. The summed E-state index contributed by atoms with van der Waals surface area (Å²) in [5.74, 6) is -0.605. The molecule has 1 aliphatic carbocycles. The molecule has 0 amide bonds. The smallest absolute Gasteiger partial charge is 0.319 e. The molecule has 4 aromatic carbocycles. The second-order valence-corrected chi connectivity index (χ2v) is 25.5. The third-order valence-corrected chi connectivity index (χ3v) is 21.3. The van der Waals surface area contributed by atoms with Crippen LogP contribution in [0.5, 0.6) is 6.01 Å². The highest BCUT2D eigenvalue weighted by Gasteiger charge is 2.57. The van der Waals surface area contributed by atoms with Crippen molar-refractivity contribution in [3.05, 3.63) is 119 Å². The fraction of sp³-hybridized carbons (Fsp3) is 0.418.